The minimum absolute atomic E-state index is 0.117. The maximum absolute atomic E-state index is 12.0. The SMILES string of the molecule is CCOC(=O)c1c(NC(=O)OC(C)(C)C)sc(C(N)=O)c1C. The molecule has 0 aromatic carbocycles. The molecule has 1 aromatic rings. The average Bonchev–Trinajstić information content (AvgIpc) is 2.63. The molecule has 1 aromatic heterocycles. The highest BCUT2D eigenvalue weighted by molar-refractivity contribution is 7.18. The lowest BCUT2D eigenvalue weighted by molar-refractivity contribution is 0.0527. The molecule has 122 valence electrons. The van der Waals surface area contributed by atoms with Gasteiger partial charge in [-0.1, -0.05) is 0 Å². The van der Waals surface area contributed by atoms with Crippen LogP contribution in [0.4, 0.5) is 9.80 Å². The zero-order valence-corrected chi connectivity index (χ0v) is 14.1. The molecule has 22 heavy (non-hydrogen) atoms. The number of amides is 2. The molecule has 0 saturated heterocycles. The van der Waals surface area contributed by atoms with E-state index < -0.39 is 23.6 Å². The zero-order chi connectivity index (χ0) is 17.1. The summed E-state index contributed by atoms with van der Waals surface area (Å²) in [5.74, 6) is -1.31. The van der Waals surface area contributed by atoms with Crippen LogP contribution in [0, 0.1) is 6.92 Å². The largest absolute Gasteiger partial charge is 0.462 e. The Morgan fingerprint density at radius 2 is 1.86 bits per heavy atom. The summed E-state index contributed by atoms with van der Waals surface area (Å²) in [7, 11) is 0. The van der Waals surface area contributed by atoms with Crippen LogP contribution in [0.3, 0.4) is 0 Å². The van der Waals surface area contributed by atoms with Crippen molar-refractivity contribution in [2.24, 2.45) is 5.73 Å². The average molecular weight is 328 g/mol. The van der Waals surface area contributed by atoms with Crippen LogP contribution in [-0.2, 0) is 9.47 Å². The Morgan fingerprint density at radius 1 is 1.27 bits per heavy atom. The summed E-state index contributed by atoms with van der Waals surface area (Å²) >= 11 is 0.915. The quantitative estimate of drug-likeness (QED) is 0.826. The first-order valence-electron chi connectivity index (χ1n) is 6.67. The van der Waals surface area contributed by atoms with E-state index in [1.165, 1.54) is 0 Å². The molecule has 0 fully saturated rings. The molecule has 0 atom stereocenters. The van der Waals surface area contributed by atoms with Gasteiger partial charge in [0.05, 0.1) is 17.0 Å². The molecular weight excluding hydrogens is 308 g/mol. The van der Waals surface area contributed by atoms with Gasteiger partial charge >= 0.3 is 12.1 Å². The van der Waals surface area contributed by atoms with Gasteiger partial charge in [-0.15, -0.1) is 11.3 Å². The molecule has 7 nitrogen and oxygen atoms in total. The Labute approximate surface area is 132 Å². The Bertz CT molecular complexity index is 601. The summed E-state index contributed by atoms with van der Waals surface area (Å²) in [4.78, 5) is 35.5. The number of primary amides is 1. The van der Waals surface area contributed by atoms with Crippen LogP contribution in [0.5, 0.6) is 0 Å². The Hall–Kier alpha value is -2.09. The van der Waals surface area contributed by atoms with Crippen molar-refractivity contribution < 1.29 is 23.9 Å². The van der Waals surface area contributed by atoms with Gasteiger partial charge in [-0.2, -0.15) is 0 Å². The number of carbonyl (C=O) groups excluding carboxylic acids is 3. The van der Waals surface area contributed by atoms with Crippen molar-refractivity contribution in [3.8, 4) is 0 Å². The fourth-order valence-corrected chi connectivity index (χ4v) is 2.71. The Morgan fingerprint density at radius 3 is 2.32 bits per heavy atom. The van der Waals surface area contributed by atoms with Crippen LogP contribution in [0.1, 0.15) is 53.3 Å². The predicted molar refractivity (Wildman–Crippen MR) is 83.4 cm³/mol. The second-order valence-corrected chi connectivity index (χ2v) is 6.49. The third-order valence-corrected chi connectivity index (χ3v) is 3.69. The molecule has 0 spiro atoms. The van der Waals surface area contributed by atoms with Gasteiger partial charge in [0.1, 0.15) is 10.6 Å². The molecule has 2 amide bonds. The lowest BCUT2D eigenvalue weighted by Gasteiger charge is -2.19. The minimum atomic E-state index is -0.727. The third-order valence-electron chi connectivity index (χ3n) is 2.46. The molecule has 0 aliphatic rings. The molecular formula is C14H20N2O5S. The fourth-order valence-electron chi connectivity index (χ4n) is 1.68. The number of thiophene rings is 1. The number of nitrogens with two attached hydrogens (primary N) is 1. The molecule has 0 bridgehead atoms. The Balaban J connectivity index is 3.17. The number of hydrogen-bond donors (Lipinski definition) is 2. The summed E-state index contributed by atoms with van der Waals surface area (Å²) in [5, 5.41) is 2.65. The van der Waals surface area contributed by atoms with Gasteiger partial charge in [0, 0.05) is 0 Å². The number of nitrogens with one attached hydrogen (secondary N) is 1. The lowest BCUT2D eigenvalue weighted by atomic mass is 10.1. The van der Waals surface area contributed by atoms with Gasteiger partial charge in [0.2, 0.25) is 0 Å². The van der Waals surface area contributed by atoms with Crippen molar-refractivity contribution in [3.05, 3.63) is 16.0 Å². The summed E-state index contributed by atoms with van der Waals surface area (Å²) in [6.07, 6.45) is -0.727. The first-order valence-corrected chi connectivity index (χ1v) is 7.48. The number of esters is 1. The van der Waals surface area contributed by atoms with Gasteiger partial charge in [-0.25, -0.2) is 9.59 Å². The lowest BCUT2D eigenvalue weighted by Crippen LogP contribution is -2.27. The summed E-state index contributed by atoms with van der Waals surface area (Å²) < 4.78 is 10.1. The van der Waals surface area contributed by atoms with Crippen molar-refractivity contribution >= 4 is 34.3 Å². The number of hydrogen-bond acceptors (Lipinski definition) is 6. The second-order valence-electron chi connectivity index (χ2n) is 5.47. The first kappa shape index (κ1) is 18.0. The van der Waals surface area contributed by atoms with Crippen LogP contribution < -0.4 is 11.1 Å². The van der Waals surface area contributed by atoms with Crippen LogP contribution in [-0.4, -0.2) is 30.2 Å². The van der Waals surface area contributed by atoms with Crippen LogP contribution in [0.15, 0.2) is 0 Å². The van der Waals surface area contributed by atoms with E-state index in [0.29, 0.717) is 5.56 Å². The van der Waals surface area contributed by atoms with Crippen molar-refractivity contribution in [2.45, 2.75) is 40.2 Å². The second kappa shape index (κ2) is 6.78. The number of ether oxygens (including phenoxy) is 2. The highest BCUT2D eigenvalue weighted by Gasteiger charge is 2.27. The monoisotopic (exact) mass is 328 g/mol. The van der Waals surface area contributed by atoms with Crippen molar-refractivity contribution in [1.82, 2.24) is 0 Å². The van der Waals surface area contributed by atoms with E-state index in [1.54, 1.807) is 34.6 Å². The topological polar surface area (TPSA) is 108 Å². The normalized spacial score (nSPS) is 11.0. The van der Waals surface area contributed by atoms with Crippen LogP contribution >= 0.6 is 11.3 Å². The molecule has 8 heteroatoms. The van der Waals surface area contributed by atoms with E-state index in [4.69, 9.17) is 15.2 Å². The van der Waals surface area contributed by atoms with Gasteiger partial charge in [-0.05, 0) is 40.2 Å². The molecule has 0 aliphatic carbocycles. The van der Waals surface area contributed by atoms with E-state index in [0.717, 1.165) is 11.3 Å². The van der Waals surface area contributed by atoms with E-state index in [-0.39, 0.29) is 22.0 Å². The van der Waals surface area contributed by atoms with E-state index in [9.17, 15) is 14.4 Å². The molecule has 3 N–H and O–H groups in total. The summed E-state index contributed by atoms with van der Waals surface area (Å²) in [5.41, 5.74) is 5.09. The smallest absolute Gasteiger partial charge is 0.412 e. The minimum Gasteiger partial charge on any atom is -0.462 e. The van der Waals surface area contributed by atoms with Crippen molar-refractivity contribution in [3.63, 3.8) is 0 Å². The number of anilines is 1. The summed E-state index contributed by atoms with van der Waals surface area (Å²) in [6, 6.07) is 0. The molecule has 0 saturated carbocycles. The highest BCUT2D eigenvalue weighted by atomic mass is 32.1. The number of rotatable bonds is 4. The molecule has 0 aliphatic heterocycles. The maximum atomic E-state index is 12.0. The van der Waals surface area contributed by atoms with Crippen molar-refractivity contribution in [2.75, 3.05) is 11.9 Å². The molecule has 0 radical (unpaired) electrons. The standard InChI is InChI=1S/C14H20N2O5S/c1-6-20-12(18)8-7(2)9(10(15)17)22-11(8)16-13(19)21-14(3,4)5/h6H2,1-5H3,(H2,15,17)(H,16,19). The Kier molecular flexibility index (Phi) is 5.54. The van der Waals surface area contributed by atoms with Crippen LogP contribution in [0.2, 0.25) is 0 Å². The van der Waals surface area contributed by atoms with E-state index in [2.05, 4.69) is 5.32 Å². The third kappa shape index (κ3) is 4.45. The molecule has 1 heterocycles. The summed E-state index contributed by atoms with van der Waals surface area (Å²) in [6.45, 7) is 8.55. The molecule has 0 unspecified atom stereocenters. The fraction of sp³-hybridized carbons (Fsp3) is 0.500. The maximum Gasteiger partial charge on any atom is 0.412 e. The van der Waals surface area contributed by atoms with E-state index >= 15 is 0 Å². The van der Waals surface area contributed by atoms with Gasteiger partial charge in [0.15, 0.2) is 0 Å². The first-order chi connectivity index (χ1) is 10.1. The van der Waals surface area contributed by atoms with Crippen LogP contribution in [0.25, 0.3) is 0 Å². The van der Waals surface area contributed by atoms with Crippen molar-refractivity contribution in [1.29, 1.82) is 0 Å². The van der Waals surface area contributed by atoms with Gasteiger partial charge < -0.3 is 15.2 Å². The zero-order valence-electron chi connectivity index (χ0n) is 13.2. The highest BCUT2D eigenvalue weighted by Crippen LogP contribution is 2.33. The van der Waals surface area contributed by atoms with Gasteiger partial charge in [-0.3, -0.25) is 10.1 Å². The van der Waals surface area contributed by atoms with E-state index in [1.807, 2.05) is 0 Å². The van der Waals surface area contributed by atoms with Gasteiger partial charge in [0.25, 0.3) is 5.91 Å². The molecule has 1 rings (SSSR count). The predicted octanol–water partition coefficient (Wildman–Crippen LogP) is 2.68. The number of carbonyl (C=O) groups is 3.